The van der Waals surface area contributed by atoms with Gasteiger partial charge in [-0.1, -0.05) is 18.2 Å². The fraction of sp³-hybridized carbons (Fsp3) is 0.154. The Morgan fingerprint density at radius 3 is 2.50 bits per heavy atom. The Kier molecular flexibility index (Phi) is 2.14. The van der Waals surface area contributed by atoms with E-state index in [9.17, 15) is 13.2 Å². The summed E-state index contributed by atoms with van der Waals surface area (Å²) < 4.78 is 40.5. The molecule has 1 aromatic carbocycles. The Balaban J connectivity index is 2.57. The largest absolute Gasteiger partial charge is 0.435 e. The predicted molar refractivity (Wildman–Crippen MR) is 63.2 cm³/mol. The van der Waals surface area contributed by atoms with E-state index < -0.39 is 11.9 Å². The molecule has 0 bridgehead atoms. The second-order valence-corrected chi connectivity index (χ2v) is 4.16. The SMILES string of the molecule is Cn1ccc2c3ccccc3nc(C(F)(F)F)c21. The summed E-state index contributed by atoms with van der Waals surface area (Å²) in [6.07, 6.45) is -2.83. The van der Waals surface area contributed by atoms with Gasteiger partial charge in [-0.3, -0.25) is 0 Å². The molecule has 0 spiro atoms. The van der Waals surface area contributed by atoms with Crippen LogP contribution in [0.1, 0.15) is 5.69 Å². The van der Waals surface area contributed by atoms with E-state index in [2.05, 4.69) is 4.98 Å². The molecule has 0 aliphatic carbocycles. The Bertz CT molecular complexity index is 741. The van der Waals surface area contributed by atoms with Crippen LogP contribution in [0.25, 0.3) is 21.8 Å². The first kappa shape index (κ1) is 11.1. The van der Waals surface area contributed by atoms with Gasteiger partial charge in [0.25, 0.3) is 0 Å². The average Bonchev–Trinajstić information content (AvgIpc) is 2.70. The monoisotopic (exact) mass is 250 g/mol. The second-order valence-electron chi connectivity index (χ2n) is 4.16. The molecule has 0 saturated carbocycles. The van der Waals surface area contributed by atoms with Gasteiger partial charge in [-0.05, 0) is 12.1 Å². The first-order valence-electron chi connectivity index (χ1n) is 5.39. The van der Waals surface area contributed by atoms with Crippen LogP contribution in [0, 0.1) is 0 Å². The lowest BCUT2D eigenvalue weighted by molar-refractivity contribution is -0.139. The number of fused-ring (bicyclic) bond motifs is 3. The molecule has 0 saturated heterocycles. The number of benzene rings is 1. The molecule has 3 aromatic rings. The van der Waals surface area contributed by atoms with Crippen LogP contribution < -0.4 is 0 Å². The van der Waals surface area contributed by atoms with Crippen molar-refractivity contribution in [2.24, 2.45) is 7.05 Å². The molecule has 2 aromatic heterocycles. The van der Waals surface area contributed by atoms with Gasteiger partial charge in [0.05, 0.1) is 11.0 Å². The molecule has 0 unspecified atom stereocenters. The number of pyridine rings is 1. The van der Waals surface area contributed by atoms with Crippen LogP contribution >= 0.6 is 0 Å². The zero-order chi connectivity index (χ0) is 12.9. The van der Waals surface area contributed by atoms with Crippen LogP contribution in [0.3, 0.4) is 0 Å². The average molecular weight is 250 g/mol. The molecule has 5 heteroatoms. The maximum atomic E-state index is 13.0. The minimum Gasteiger partial charge on any atom is -0.349 e. The summed E-state index contributed by atoms with van der Waals surface area (Å²) >= 11 is 0. The number of halogens is 3. The van der Waals surface area contributed by atoms with Crippen molar-refractivity contribution in [2.45, 2.75) is 6.18 Å². The van der Waals surface area contributed by atoms with Gasteiger partial charge in [0.1, 0.15) is 0 Å². The molecule has 3 rings (SSSR count). The molecule has 0 radical (unpaired) electrons. The highest BCUT2D eigenvalue weighted by molar-refractivity contribution is 6.05. The van der Waals surface area contributed by atoms with E-state index in [0.29, 0.717) is 10.9 Å². The van der Waals surface area contributed by atoms with Gasteiger partial charge in [-0.2, -0.15) is 13.2 Å². The van der Waals surface area contributed by atoms with Crippen molar-refractivity contribution in [3.05, 3.63) is 42.2 Å². The first-order chi connectivity index (χ1) is 8.48. The predicted octanol–water partition coefficient (Wildman–Crippen LogP) is 3.75. The third kappa shape index (κ3) is 1.47. The Morgan fingerprint density at radius 2 is 1.78 bits per heavy atom. The molecule has 0 fully saturated rings. The summed E-state index contributed by atoms with van der Waals surface area (Å²) in [4.78, 5) is 3.76. The number of aromatic nitrogens is 2. The number of para-hydroxylation sites is 1. The van der Waals surface area contributed by atoms with Crippen LogP contribution in [-0.2, 0) is 13.2 Å². The number of rotatable bonds is 0. The van der Waals surface area contributed by atoms with Crippen LogP contribution in [0.4, 0.5) is 13.2 Å². The molecule has 0 amide bonds. The van der Waals surface area contributed by atoms with E-state index in [1.54, 1.807) is 43.6 Å². The fourth-order valence-corrected chi connectivity index (χ4v) is 2.21. The summed E-state index contributed by atoms with van der Waals surface area (Å²) in [6.45, 7) is 0. The molecule has 0 aliphatic rings. The summed E-state index contributed by atoms with van der Waals surface area (Å²) in [5.41, 5.74) is -0.339. The summed E-state index contributed by atoms with van der Waals surface area (Å²) in [6, 6.07) is 8.55. The van der Waals surface area contributed by atoms with Crippen LogP contribution in [0.5, 0.6) is 0 Å². The fourth-order valence-electron chi connectivity index (χ4n) is 2.21. The van der Waals surface area contributed by atoms with Gasteiger partial charge < -0.3 is 4.57 Å². The summed E-state index contributed by atoms with van der Waals surface area (Å²) in [5, 5.41) is 1.32. The minimum absolute atomic E-state index is 0.126. The molecule has 92 valence electrons. The molecular formula is C13H9F3N2. The molecule has 2 nitrogen and oxygen atoms in total. The Hall–Kier alpha value is -2.04. The zero-order valence-electron chi connectivity index (χ0n) is 9.49. The highest BCUT2D eigenvalue weighted by atomic mass is 19.4. The van der Waals surface area contributed by atoms with Gasteiger partial charge in [-0.15, -0.1) is 0 Å². The van der Waals surface area contributed by atoms with Crippen molar-refractivity contribution in [3.63, 3.8) is 0 Å². The van der Waals surface area contributed by atoms with Crippen molar-refractivity contribution < 1.29 is 13.2 Å². The van der Waals surface area contributed by atoms with E-state index in [1.165, 1.54) is 4.57 Å². The van der Waals surface area contributed by atoms with Crippen LogP contribution in [0.15, 0.2) is 36.5 Å². The Labute approximate surface area is 101 Å². The second kappa shape index (κ2) is 3.48. The van der Waals surface area contributed by atoms with Gasteiger partial charge in [0, 0.05) is 24.0 Å². The van der Waals surface area contributed by atoms with Crippen molar-refractivity contribution in [2.75, 3.05) is 0 Å². The van der Waals surface area contributed by atoms with E-state index in [0.717, 1.165) is 5.39 Å². The number of nitrogens with zero attached hydrogens (tertiary/aromatic N) is 2. The van der Waals surface area contributed by atoms with Crippen molar-refractivity contribution >= 4 is 21.8 Å². The van der Waals surface area contributed by atoms with Crippen LogP contribution in [-0.4, -0.2) is 9.55 Å². The number of hydrogen-bond donors (Lipinski definition) is 0. The number of hydrogen-bond acceptors (Lipinski definition) is 1. The molecule has 0 atom stereocenters. The highest BCUT2D eigenvalue weighted by Gasteiger charge is 2.36. The standard InChI is InChI=1S/C13H9F3N2/c1-18-7-6-9-8-4-2-3-5-10(8)17-12(11(9)18)13(14,15)16/h2-7H,1H3. The maximum Gasteiger partial charge on any atom is 0.435 e. The van der Waals surface area contributed by atoms with Crippen LogP contribution in [0.2, 0.25) is 0 Å². The molecule has 0 N–H and O–H groups in total. The zero-order valence-corrected chi connectivity index (χ0v) is 9.49. The summed E-state index contributed by atoms with van der Waals surface area (Å²) in [7, 11) is 1.59. The first-order valence-corrected chi connectivity index (χ1v) is 5.39. The molecule has 18 heavy (non-hydrogen) atoms. The molecule has 2 heterocycles. The van der Waals surface area contributed by atoms with Crippen molar-refractivity contribution in [1.82, 2.24) is 9.55 Å². The number of aryl methyl sites for hydroxylation is 1. The maximum absolute atomic E-state index is 13.0. The Morgan fingerprint density at radius 1 is 1.06 bits per heavy atom. The lowest BCUT2D eigenvalue weighted by Gasteiger charge is -2.11. The topological polar surface area (TPSA) is 17.8 Å². The van der Waals surface area contributed by atoms with Crippen molar-refractivity contribution in [1.29, 1.82) is 0 Å². The highest BCUT2D eigenvalue weighted by Crippen LogP contribution is 2.36. The smallest absolute Gasteiger partial charge is 0.349 e. The van der Waals surface area contributed by atoms with E-state index in [-0.39, 0.29) is 5.52 Å². The number of alkyl halides is 3. The lowest BCUT2D eigenvalue weighted by Crippen LogP contribution is -2.10. The van der Waals surface area contributed by atoms with Gasteiger partial charge in [-0.25, -0.2) is 4.98 Å². The minimum atomic E-state index is -4.45. The van der Waals surface area contributed by atoms with Gasteiger partial charge in [0.15, 0.2) is 5.69 Å². The molecular weight excluding hydrogens is 241 g/mol. The normalized spacial score (nSPS) is 12.4. The van der Waals surface area contributed by atoms with Gasteiger partial charge >= 0.3 is 6.18 Å². The quantitative estimate of drug-likeness (QED) is 0.594. The van der Waals surface area contributed by atoms with E-state index in [1.807, 2.05) is 0 Å². The van der Waals surface area contributed by atoms with Gasteiger partial charge in [0.2, 0.25) is 0 Å². The third-order valence-electron chi connectivity index (χ3n) is 2.99. The third-order valence-corrected chi connectivity index (χ3v) is 2.99. The van der Waals surface area contributed by atoms with Crippen molar-refractivity contribution in [3.8, 4) is 0 Å². The van der Waals surface area contributed by atoms with E-state index in [4.69, 9.17) is 0 Å². The molecule has 0 aliphatic heterocycles. The summed E-state index contributed by atoms with van der Waals surface area (Å²) in [5.74, 6) is 0. The van der Waals surface area contributed by atoms with E-state index >= 15 is 0 Å². The lowest BCUT2D eigenvalue weighted by atomic mass is 10.1.